The van der Waals surface area contributed by atoms with Crippen molar-refractivity contribution in [3.63, 3.8) is 0 Å². The minimum atomic E-state index is -0.0525. The number of benzene rings is 6. The van der Waals surface area contributed by atoms with Gasteiger partial charge in [0.15, 0.2) is 17.5 Å². The molecule has 8 rings (SSSR count). The highest BCUT2D eigenvalue weighted by Crippen LogP contribution is 2.41. The fourth-order valence-corrected chi connectivity index (χ4v) is 7.05. The van der Waals surface area contributed by atoms with Gasteiger partial charge < -0.3 is 4.57 Å². The Bertz CT molecular complexity index is 2560. The van der Waals surface area contributed by atoms with E-state index in [2.05, 4.69) is 107 Å². The van der Waals surface area contributed by atoms with Gasteiger partial charge >= 0.3 is 0 Å². The van der Waals surface area contributed by atoms with Crippen LogP contribution in [0.25, 0.3) is 72.8 Å². The molecule has 0 spiro atoms. The molecule has 5 nitrogen and oxygen atoms in total. The van der Waals surface area contributed by atoms with Crippen LogP contribution >= 0.6 is 0 Å². The van der Waals surface area contributed by atoms with Crippen molar-refractivity contribution in [1.29, 1.82) is 5.26 Å². The first-order valence-corrected chi connectivity index (χ1v) is 18.1. The van der Waals surface area contributed by atoms with Crippen LogP contribution in [0.3, 0.4) is 0 Å². The highest BCUT2D eigenvalue weighted by atomic mass is 15.1. The minimum Gasteiger partial charge on any atom is -0.308 e. The summed E-state index contributed by atoms with van der Waals surface area (Å²) in [7, 11) is 0. The molecule has 2 heterocycles. The third kappa shape index (κ3) is 6.27. The van der Waals surface area contributed by atoms with Gasteiger partial charge in [0.05, 0.1) is 28.4 Å². The summed E-state index contributed by atoms with van der Waals surface area (Å²) >= 11 is 0. The zero-order chi connectivity index (χ0) is 36.9. The molecule has 5 heteroatoms. The Hall–Kier alpha value is -6.38. The SMILES string of the molecule is CC(C)(C)c1ccc2c3ccc(C(C)(C)C)cc3n(-c3ccc(-c4ccccc4C#N)cc3-c3nc(-c4ccccc4)nc(-c4ccccc4)n3)c2c1. The number of nitrogens with zero attached hydrogens (tertiary/aromatic N) is 5. The van der Waals surface area contributed by atoms with Gasteiger partial charge in [-0.05, 0) is 63.4 Å². The molecule has 0 aliphatic heterocycles. The molecule has 0 aliphatic rings. The van der Waals surface area contributed by atoms with Crippen LogP contribution in [-0.2, 0) is 10.8 Å². The molecule has 8 aromatic rings. The smallest absolute Gasteiger partial charge is 0.166 e. The standard InChI is InChI=1S/C48H41N5/c1-47(2,3)35-22-24-38-39-25-23-36(48(4,5)6)29-43(39)53(42(38)28-35)41-26-21-33(37-20-14-13-19-34(37)30-49)27-40(41)46-51-44(31-15-9-7-10-16-31)50-45(52-46)32-17-11-8-12-18-32/h7-29H,1-6H3. The summed E-state index contributed by atoms with van der Waals surface area (Å²) in [6.07, 6.45) is 0. The number of nitriles is 1. The van der Waals surface area contributed by atoms with Gasteiger partial charge in [0.25, 0.3) is 0 Å². The van der Waals surface area contributed by atoms with E-state index in [1.165, 1.54) is 21.9 Å². The van der Waals surface area contributed by atoms with Gasteiger partial charge in [-0.3, -0.25) is 0 Å². The van der Waals surface area contributed by atoms with E-state index < -0.39 is 0 Å². The fraction of sp³-hybridized carbons (Fsp3) is 0.167. The molecule has 2 aromatic heterocycles. The predicted octanol–water partition coefficient (Wildman–Crippen LogP) is 12.1. The summed E-state index contributed by atoms with van der Waals surface area (Å²) in [5.41, 5.74) is 10.6. The van der Waals surface area contributed by atoms with Crippen LogP contribution < -0.4 is 0 Å². The first-order chi connectivity index (χ1) is 25.5. The van der Waals surface area contributed by atoms with E-state index in [1.807, 2.05) is 84.9 Å². The molecule has 0 bridgehead atoms. The topological polar surface area (TPSA) is 67.4 Å². The molecule has 0 N–H and O–H groups in total. The molecule has 53 heavy (non-hydrogen) atoms. The van der Waals surface area contributed by atoms with Crippen molar-refractivity contribution in [2.24, 2.45) is 0 Å². The van der Waals surface area contributed by atoms with E-state index in [4.69, 9.17) is 15.0 Å². The number of aromatic nitrogens is 4. The molecule has 0 saturated carbocycles. The van der Waals surface area contributed by atoms with Crippen molar-refractivity contribution in [3.8, 4) is 57.0 Å². The Labute approximate surface area is 311 Å². The summed E-state index contributed by atoms with van der Waals surface area (Å²) in [6.45, 7) is 13.5. The average molecular weight is 688 g/mol. The number of rotatable bonds is 5. The lowest BCUT2D eigenvalue weighted by atomic mass is 9.86. The second-order valence-electron chi connectivity index (χ2n) is 15.7. The number of hydrogen-bond acceptors (Lipinski definition) is 4. The van der Waals surface area contributed by atoms with Crippen LogP contribution in [0, 0.1) is 11.3 Å². The Morgan fingerprint density at radius 3 is 1.47 bits per heavy atom. The Balaban J connectivity index is 1.51. The maximum Gasteiger partial charge on any atom is 0.166 e. The summed E-state index contributed by atoms with van der Waals surface area (Å²) in [4.78, 5) is 15.4. The third-order valence-electron chi connectivity index (χ3n) is 10.0. The van der Waals surface area contributed by atoms with Gasteiger partial charge in [-0.25, -0.2) is 15.0 Å². The lowest BCUT2D eigenvalue weighted by Gasteiger charge is -2.21. The number of hydrogen-bond donors (Lipinski definition) is 0. The van der Waals surface area contributed by atoms with E-state index >= 15 is 0 Å². The Kier molecular flexibility index (Phi) is 8.27. The van der Waals surface area contributed by atoms with Crippen LogP contribution in [0.2, 0.25) is 0 Å². The second-order valence-corrected chi connectivity index (χ2v) is 15.7. The summed E-state index contributed by atoms with van der Waals surface area (Å²) in [5, 5.41) is 12.5. The molecule has 0 fully saturated rings. The number of fused-ring (bicyclic) bond motifs is 3. The predicted molar refractivity (Wildman–Crippen MR) is 218 cm³/mol. The molecule has 258 valence electrons. The quantitative estimate of drug-likeness (QED) is 0.181. The van der Waals surface area contributed by atoms with Gasteiger partial charge in [-0.2, -0.15) is 5.26 Å². The zero-order valence-corrected chi connectivity index (χ0v) is 31.0. The highest BCUT2D eigenvalue weighted by molar-refractivity contribution is 6.10. The molecule has 0 radical (unpaired) electrons. The van der Waals surface area contributed by atoms with Gasteiger partial charge in [-0.15, -0.1) is 0 Å². The second kappa shape index (κ2) is 13.0. The van der Waals surface area contributed by atoms with Crippen LogP contribution in [-0.4, -0.2) is 19.5 Å². The van der Waals surface area contributed by atoms with E-state index in [0.29, 0.717) is 23.0 Å². The average Bonchev–Trinajstić information content (AvgIpc) is 3.50. The summed E-state index contributed by atoms with van der Waals surface area (Å²) < 4.78 is 2.39. The van der Waals surface area contributed by atoms with Gasteiger partial charge in [-0.1, -0.05) is 151 Å². The largest absolute Gasteiger partial charge is 0.308 e. The monoisotopic (exact) mass is 687 g/mol. The van der Waals surface area contributed by atoms with Crippen LogP contribution in [0.5, 0.6) is 0 Å². The van der Waals surface area contributed by atoms with E-state index in [0.717, 1.165) is 44.5 Å². The van der Waals surface area contributed by atoms with Gasteiger partial charge in [0, 0.05) is 27.5 Å². The van der Waals surface area contributed by atoms with Gasteiger partial charge in [0.1, 0.15) is 0 Å². The Morgan fingerprint density at radius 2 is 0.962 bits per heavy atom. The van der Waals surface area contributed by atoms with Crippen LogP contribution in [0.15, 0.2) is 140 Å². The lowest BCUT2D eigenvalue weighted by Crippen LogP contribution is -2.11. The molecular formula is C48H41N5. The molecule has 0 atom stereocenters. The van der Waals surface area contributed by atoms with Crippen molar-refractivity contribution in [2.45, 2.75) is 52.4 Å². The Morgan fingerprint density at radius 1 is 0.472 bits per heavy atom. The normalized spacial score (nSPS) is 11.9. The van der Waals surface area contributed by atoms with Crippen LogP contribution in [0.1, 0.15) is 58.2 Å². The van der Waals surface area contributed by atoms with Crippen molar-refractivity contribution >= 4 is 21.8 Å². The summed E-state index contributed by atoms with van der Waals surface area (Å²) in [6, 6.07) is 50.4. The van der Waals surface area contributed by atoms with E-state index in [-0.39, 0.29) is 10.8 Å². The molecule has 0 amide bonds. The molecular weight excluding hydrogens is 647 g/mol. The maximum atomic E-state index is 10.1. The van der Waals surface area contributed by atoms with E-state index in [9.17, 15) is 5.26 Å². The molecule has 0 saturated heterocycles. The third-order valence-corrected chi connectivity index (χ3v) is 10.0. The highest BCUT2D eigenvalue weighted by Gasteiger charge is 2.24. The zero-order valence-electron chi connectivity index (χ0n) is 31.0. The van der Waals surface area contributed by atoms with Crippen molar-refractivity contribution < 1.29 is 0 Å². The molecule has 6 aromatic carbocycles. The summed E-state index contributed by atoms with van der Waals surface area (Å²) in [5.74, 6) is 1.74. The lowest BCUT2D eigenvalue weighted by molar-refractivity contribution is 0.591. The first-order valence-electron chi connectivity index (χ1n) is 18.1. The molecule has 0 aliphatic carbocycles. The maximum absolute atomic E-state index is 10.1. The van der Waals surface area contributed by atoms with E-state index in [1.54, 1.807) is 0 Å². The van der Waals surface area contributed by atoms with Crippen molar-refractivity contribution in [2.75, 3.05) is 0 Å². The molecule has 0 unspecified atom stereocenters. The minimum absolute atomic E-state index is 0.0525. The fourth-order valence-electron chi connectivity index (χ4n) is 7.05. The van der Waals surface area contributed by atoms with Gasteiger partial charge in [0.2, 0.25) is 0 Å². The van der Waals surface area contributed by atoms with Crippen molar-refractivity contribution in [1.82, 2.24) is 19.5 Å². The van der Waals surface area contributed by atoms with Crippen molar-refractivity contribution in [3.05, 3.63) is 156 Å². The first kappa shape index (κ1) is 33.7. The van der Waals surface area contributed by atoms with Crippen LogP contribution in [0.4, 0.5) is 0 Å².